The van der Waals surface area contributed by atoms with Crippen molar-refractivity contribution in [1.29, 1.82) is 0 Å². The summed E-state index contributed by atoms with van der Waals surface area (Å²) in [5.41, 5.74) is 21.7. The van der Waals surface area contributed by atoms with Gasteiger partial charge >= 0.3 is 6.09 Å². The monoisotopic (exact) mass is 809 g/mol. The van der Waals surface area contributed by atoms with Crippen molar-refractivity contribution in [2.24, 2.45) is 11.5 Å². The third-order valence-corrected chi connectivity index (χ3v) is 9.24. The minimum atomic E-state index is -0.645. The molecule has 0 aliphatic carbocycles. The Bertz CT molecular complexity index is 2550. The van der Waals surface area contributed by atoms with Gasteiger partial charge in [-0.25, -0.2) is 19.7 Å². The molecular formula is C41H51N11O7. The average Bonchev–Trinajstić information content (AvgIpc) is 3.83. The van der Waals surface area contributed by atoms with E-state index >= 15 is 0 Å². The molecule has 0 radical (unpaired) electrons. The van der Waals surface area contributed by atoms with Gasteiger partial charge in [-0.1, -0.05) is 12.2 Å². The smallest absolute Gasteiger partial charge is 0.407 e. The molecule has 0 atom stereocenters. The summed E-state index contributed by atoms with van der Waals surface area (Å²) in [5, 5.41) is 8.71. The lowest BCUT2D eigenvalue weighted by Crippen LogP contribution is -2.33. The summed E-state index contributed by atoms with van der Waals surface area (Å²) in [7, 11) is 1.62. The number of methoxy groups -OCH3 is 1. The molecule has 2 aromatic carbocycles. The Balaban J connectivity index is 1.34. The maximum atomic E-state index is 12.5. The SMILES string of the molecule is CCn1nc(C)cc1-c1ncc2c3cc(C(N)=O)cc(OCCCOC)c3n(C/C=C/Cn3c(N)nc4cc(C(N)=O)cc(OCCCNC(=O)OC(C)(C)C)c43)c2n1. The number of ether oxygens (including phenoxy) is 4. The highest BCUT2D eigenvalue weighted by atomic mass is 16.6. The Morgan fingerprint density at radius 2 is 1.51 bits per heavy atom. The Labute approximate surface area is 340 Å². The van der Waals surface area contributed by atoms with E-state index in [1.165, 1.54) is 0 Å². The van der Waals surface area contributed by atoms with E-state index in [0.717, 1.165) is 11.4 Å². The number of allylic oxidation sites excluding steroid dienone is 2. The number of aromatic nitrogens is 7. The number of nitrogens with two attached hydrogens (primary N) is 3. The first-order valence-corrected chi connectivity index (χ1v) is 19.3. The number of hydrogen-bond acceptors (Lipinski definition) is 12. The molecule has 4 aromatic heterocycles. The van der Waals surface area contributed by atoms with Crippen LogP contribution in [0.4, 0.5) is 10.7 Å². The van der Waals surface area contributed by atoms with Crippen molar-refractivity contribution in [1.82, 2.24) is 39.2 Å². The normalized spacial score (nSPS) is 11.9. The molecule has 312 valence electrons. The molecule has 0 saturated carbocycles. The number of nitrogens with one attached hydrogen (secondary N) is 1. The first kappa shape index (κ1) is 41.9. The van der Waals surface area contributed by atoms with Crippen LogP contribution in [0.3, 0.4) is 0 Å². The third kappa shape index (κ3) is 9.55. The zero-order chi connectivity index (χ0) is 42.4. The fourth-order valence-electron chi connectivity index (χ4n) is 6.68. The fraction of sp³-hybridized carbons (Fsp3) is 0.390. The molecule has 0 spiro atoms. The van der Waals surface area contributed by atoms with E-state index in [1.54, 1.807) is 62.9 Å². The lowest BCUT2D eigenvalue weighted by atomic mass is 10.1. The van der Waals surface area contributed by atoms with Crippen molar-refractivity contribution in [3.05, 3.63) is 65.5 Å². The first-order valence-electron chi connectivity index (χ1n) is 19.3. The zero-order valence-corrected chi connectivity index (χ0v) is 34.2. The van der Waals surface area contributed by atoms with Crippen LogP contribution in [0, 0.1) is 6.92 Å². The molecule has 0 fully saturated rings. The van der Waals surface area contributed by atoms with Gasteiger partial charge in [0.25, 0.3) is 0 Å². The van der Waals surface area contributed by atoms with Gasteiger partial charge in [-0.05, 0) is 71.4 Å². The summed E-state index contributed by atoms with van der Waals surface area (Å²) in [4.78, 5) is 51.1. The molecule has 18 nitrogen and oxygen atoms in total. The summed E-state index contributed by atoms with van der Waals surface area (Å²) >= 11 is 0. The molecule has 6 aromatic rings. The molecule has 0 aliphatic heterocycles. The number of nitrogen functional groups attached to an aromatic ring is 1. The molecular weight excluding hydrogens is 759 g/mol. The van der Waals surface area contributed by atoms with Crippen LogP contribution < -0.4 is 32.0 Å². The van der Waals surface area contributed by atoms with Crippen LogP contribution in [-0.2, 0) is 29.1 Å². The summed E-state index contributed by atoms with van der Waals surface area (Å²) in [6, 6.07) is 8.45. The van der Waals surface area contributed by atoms with E-state index in [1.807, 2.05) is 41.3 Å². The number of hydrogen-bond donors (Lipinski definition) is 4. The highest BCUT2D eigenvalue weighted by Crippen LogP contribution is 2.37. The lowest BCUT2D eigenvalue weighted by Gasteiger charge is -2.19. The van der Waals surface area contributed by atoms with Crippen molar-refractivity contribution < 1.29 is 33.3 Å². The molecule has 0 unspecified atom stereocenters. The van der Waals surface area contributed by atoms with Crippen LogP contribution in [-0.4, -0.2) is 90.9 Å². The number of primary amides is 2. The molecule has 7 N–H and O–H groups in total. The molecule has 18 heteroatoms. The van der Waals surface area contributed by atoms with E-state index < -0.39 is 23.5 Å². The Hall–Kier alpha value is -6.69. The predicted octanol–water partition coefficient (Wildman–Crippen LogP) is 4.87. The maximum Gasteiger partial charge on any atom is 0.407 e. The van der Waals surface area contributed by atoms with Crippen molar-refractivity contribution in [3.8, 4) is 23.0 Å². The Morgan fingerprint density at radius 1 is 0.847 bits per heavy atom. The number of nitrogens with zero attached hydrogens (tertiary/aromatic N) is 7. The second-order valence-electron chi connectivity index (χ2n) is 14.8. The van der Waals surface area contributed by atoms with E-state index in [2.05, 4.69) is 15.4 Å². The molecule has 59 heavy (non-hydrogen) atoms. The predicted molar refractivity (Wildman–Crippen MR) is 223 cm³/mol. The number of fused-ring (bicyclic) bond motifs is 4. The second-order valence-corrected chi connectivity index (χ2v) is 14.8. The van der Waals surface area contributed by atoms with Gasteiger partial charge in [0.2, 0.25) is 17.8 Å². The second kappa shape index (κ2) is 17.8. The van der Waals surface area contributed by atoms with Gasteiger partial charge in [-0.2, -0.15) is 5.10 Å². The van der Waals surface area contributed by atoms with Crippen LogP contribution in [0.2, 0.25) is 0 Å². The molecule has 6 rings (SSSR count). The highest BCUT2D eigenvalue weighted by Gasteiger charge is 2.22. The molecule has 0 aliphatic rings. The van der Waals surface area contributed by atoms with Crippen LogP contribution >= 0.6 is 0 Å². The standard InChI is InChI=1S/C41H51N11O7/c1-7-52-30(18-24(2)49-52)37-46-23-28-27-19-25(35(42)53)21-31(58-17-11-15-56-6)33(27)50(38(28)48-37)13-8-9-14-51-34-29(47-39(51)44)20-26(36(43)54)22-32(34)57-16-10-12-45-40(55)59-41(3,4)5/h8-9,18-23H,7,10-17H2,1-6H3,(H2,42,53)(H2,43,54)(H2,44,47)(H,45,55)/b9-8+. The van der Waals surface area contributed by atoms with Gasteiger partial charge in [-0.3, -0.25) is 14.3 Å². The van der Waals surface area contributed by atoms with E-state index in [9.17, 15) is 14.4 Å². The summed E-state index contributed by atoms with van der Waals surface area (Å²) in [6.45, 7) is 11.9. The van der Waals surface area contributed by atoms with E-state index in [0.29, 0.717) is 96.0 Å². The van der Waals surface area contributed by atoms with Crippen LogP contribution in [0.15, 0.2) is 48.7 Å². The lowest BCUT2D eigenvalue weighted by molar-refractivity contribution is 0.0525. The minimum Gasteiger partial charge on any atom is -0.491 e. The summed E-state index contributed by atoms with van der Waals surface area (Å²) < 4.78 is 28.6. The average molecular weight is 810 g/mol. The number of rotatable bonds is 18. The first-order chi connectivity index (χ1) is 28.2. The number of carbonyl (C=O) groups is 3. The van der Waals surface area contributed by atoms with E-state index in [4.69, 9.17) is 46.1 Å². The molecule has 0 bridgehead atoms. The van der Waals surface area contributed by atoms with Crippen LogP contribution in [0.1, 0.15) is 66.9 Å². The van der Waals surface area contributed by atoms with Gasteiger partial charge in [0.15, 0.2) is 5.82 Å². The fourth-order valence-corrected chi connectivity index (χ4v) is 6.68. The minimum absolute atomic E-state index is 0.200. The zero-order valence-electron chi connectivity index (χ0n) is 34.2. The van der Waals surface area contributed by atoms with E-state index in [-0.39, 0.29) is 30.2 Å². The van der Waals surface area contributed by atoms with Gasteiger partial charge in [0.05, 0.1) is 29.9 Å². The Kier molecular flexibility index (Phi) is 12.7. The quantitative estimate of drug-likeness (QED) is 0.0671. The van der Waals surface area contributed by atoms with Crippen molar-refractivity contribution in [2.75, 3.05) is 39.2 Å². The van der Waals surface area contributed by atoms with Gasteiger partial charge in [0, 0.05) is 74.4 Å². The number of benzene rings is 2. The number of imidazole rings is 1. The van der Waals surface area contributed by atoms with Crippen molar-refractivity contribution >= 4 is 56.8 Å². The topological polar surface area (TPSA) is 245 Å². The van der Waals surface area contributed by atoms with Crippen molar-refractivity contribution in [3.63, 3.8) is 0 Å². The maximum absolute atomic E-state index is 12.5. The largest absolute Gasteiger partial charge is 0.491 e. The molecule has 0 saturated heterocycles. The summed E-state index contributed by atoms with van der Waals surface area (Å²) in [6.07, 6.45) is 6.19. The molecule has 4 heterocycles. The van der Waals surface area contributed by atoms with Crippen LogP contribution in [0.25, 0.3) is 44.5 Å². The third-order valence-electron chi connectivity index (χ3n) is 9.24. The van der Waals surface area contributed by atoms with Gasteiger partial charge in [0.1, 0.15) is 34.0 Å². The van der Waals surface area contributed by atoms with Gasteiger partial charge in [-0.15, -0.1) is 0 Å². The summed E-state index contributed by atoms with van der Waals surface area (Å²) in [5.74, 6) is 0.280. The number of carbonyl (C=O) groups excluding carboxylic acids is 3. The number of aryl methyl sites for hydroxylation is 2. The Morgan fingerprint density at radius 3 is 2.17 bits per heavy atom. The van der Waals surface area contributed by atoms with Gasteiger partial charge < -0.3 is 50.6 Å². The number of anilines is 1. The molecule has 3 amide bonds. The number of alkyl carbamates (subject to hydrolysis) is 1. The highest BCUT2D eigenvalue weighted by molar-refractivity contribution is 6.11. The number of amides is 3. The van der Waals surface area contributed by atoms with Crippen molar-refractivity contribution in [2.45, 2.75) is 72.7 Å². The van der Waals surface area contributed by atoms with Crippen LogP contribution in [0.5, 0.6) is 11.5 Å².